The molecule has 3 aromatic rings. The van der Waals surface area contributed by atoms with E-state index in [-0.39, 0.29) is 5.69 Å². The van der Waals surface area contributed by atoms with Gasteiger partial charge in [-0.05, 0) is 50.8 Å². The highest BCUT2D eigenvalue weighted by Crippen LogP contribution is 2.41. The molecule has 1 aliphatic carbocycles. The predicted octanol–water partition coefficient (Wildman–Crippen LogP) is 4.50. The third-order valence-corrected chi connectivity index (χ3v) is 5.41. The van der Waals surface area contributed by atoms with Gasteiger partial charge in [0, 0.05) is 16.5 Å². The summed E-state index contributed by atoms with van der Waals surface area (Å²) in [7, 11) is 0. The van der Waals surface area contributed by atoms with Gasteiger partial charge in [0.2, 0.25) is 5.88 Å². The number of hydrogen-bond donors (Lipinski definition) is 0. The summed E-state index contributed by atoms with van der Waals surface area (Å²) in [5.41, 5.74) is 1.95. The molecule has 0 bridgehead atoms. The quantitative estimate of drug-likeness (QED) is 0.518. The number of fused-ring (bicyclic) bond motifs is 3. The van der Waals surface area contributed by atoms with E-state index in [0.717, 1.165) is 29.5 Å². The summed E-state index contributed by atoms with van der Waals surface area (Å²) in [6, 6.07) is 4.75. The summed E-state index contributed by atoms with van der Waals surface area (Å²) in [5, 5.41) is 11.9. The van der Waals surface area contributed by atoms with Crippen LogP contribution in [0.1, 0.15) is 28.2 Å². The van der Waals surface area contributed by atoms with Gasteiger partial charge in [0.25, 0.3) is 5.69 Å². The fourth-order valence-corrected chi connectivity index (χ4v) is 4.44. The molecule has 1 aliphatic rings. The number of nitro benzene ring substituents is 1. The minimum Gasteiger partial charge on any atom is -0.438 e. The first-order valence-corrected chi connectivity index (χ1v) is 8.56. The molecule has 7 heteroatoms. The van der Waals surface area contributed by atoms with Crippen LogP contribution in [0, 0.1) is 24.0 Å². The molecule has 0 unspecified atom stereocenters. The Morgan fingerprint density at radius 3 is 2.83 bits per heavy atom. The predicted molar refractivity (Wildman–Crippen MR) is 92.1 cm³/mol. The van der Waals surface area contributed by atoms with Crippen molar-refractivity contribution in [2.75, 3.05) is 0 Å². The first-order chi connectivity index (χ1) is 11.5. The molecule has 122 valence electrons. The number of rotatable bonds is 3. The number of aryl methyl sites for hydroxylation is 4. The van der Waals surface area contributed by atoms with Crippen LogP contribution in [0.5, 0.6) is 11.6 Å². The van der Waals surface area contributed by atoms with Gasteiger partial charge in [-0.1, -0.05) is 0 Å². The first-order valence-electron chi connectivity index (χ1n) is 7.74. The Kier molecular flexibility index (Phi) is 3.45. The number of hydrogen-bond acceptors (Lipinski definition) is 6. The van der Waals surface area contributed by atoms with Gasteiger partial charge in [-0.2, -0.15) is 4.98 Å². The smallest absolute Gasteiger partial charge is 0.272 e. The summed E-state index contributed by atoms with van der Waals surface area (Å²) < 4.78 is 6.00. The Hall–Kier alpha value is -2.54. The van der Waals surface area contributed by atoms with E-state index in [1.165, 1.54) is 16.5 Å². The van der Waals surface area contributed by atoms with Crippen LogP contribution in [0.2, 0.25) is 0 Å². The second-order valence-electron chi connectivity index (χ2n) is 5.92. The zero-order valence-electron chi connectivity index (χ0n) is 13.3. The fraction of sp³-hybridized carbons (Fsp3) is 0.294. The van der Waals surface area contributed by atoms with Gasteiger partial charge in [-0.3, -0.25) is 10.1 Å². The van der Waals surface area contributed by atoms with Gasteiger partial charge >= 0.3 is 0 Å². The Balaban J connectivity index is 1.80. The average Bonchev–Trinajstić information content (AvgIpc) is 3.06. The lowest BCUT2D eigenvalue weighted by Gasteiger charge is -2.08. The molecule has 4 rings (SSSR count). The molecule has 0 amide bonds. The van der Waals surface area contributed by atoms with Crippen LogP contribution >= 0.6 is 11.3 Å². The molecule has 1 aromatic carbocycles. The highest BCUT2D eigenvalue weighted by atomic mass is 32.1. The van der Waals surface area contributed by atoms with Crippen LogP contribution < -0.4 is 4.74 Å². The maximum Gasteiger partial charge on any atom is 0.272 e. The van der Waals surface area contributed by atoms with Gasteiger partial charge in [0.05, 0.1) is 10.3 Å². The summed E-state index contributed by atoms with van der Waals surface area (Å²) in [5.74, 6) is 1.76. The van der Waals surface area contributed by atoms with Crippen LogP contribution in [0.25, 0.3) is 10.2 Å². The van der Waals surface area contributed by atoms with E-state index in [0.29, 0.717) is 23.0 Å². The van der Waals surface area contributed by atoms with E-state index < -0.39 is 4.92 Å². The molecule has 0 radical (unpaired) electrons. The Morgan fingerprint density at radius 1 is 1.25 bits per heavy atom. The molecule has 0 N–H and O–H groups in total. The monoisotopic (exact) mass is 341 g/mol. The van der Waals surface area contributed by atoms with E-state index in [1.807, 2.05) is 6.92 Å². The third-order valence-electron chi connectivity index (χ3n) is 4.22. The summed E-state index contributed by atoms with van der Waals surface area (Å²) in [6.07, 6.45) is 3.27. The lowest BCUT2D eigenvalue weighted by atomic mass is 10.2. The molecule has 0 fully saturated rings. The van der Waals surface area contributed by atoms with Crippen molar-refractivity contribution >= 4 is 27.2 Å². The van der Waals surface area contributed by atoms with Gasteiger partial charge < -0.3 is 4.74 Å². The van der Waals surface area contributed by atoms with E-state index in [9.17, 15) is 10.1 Å². The normalized spacial score (nSPS) is 13.2. The van der Waals surface area contributed by atoms with Crippen LogP contribution in [0.15, 0.2) is 18.2 Å². The van der Waals surface area contributed by atoms with Crippen LogP contribution in [0.4, 0.5) is 5.69 Å². The van der Waals surface area contributed by atoms with Crippen LogP contribution in [-0.4, -0.2) is 14.9 Å². The van der Waals surface area contributed by atoms with Crippen molar-refractivity contribution in [2.24, 2.45) is 0 Å². The number of thiophene rings is 1. The van der Waals surface area contributed by atoms with E-state index in [2.05, 4.69) is 9.97 Å². The molecule has 0 spiro atoms. The topological polar surface area (TPSA) is 78.2 Å². The van der Waals surface area contributed by atoms with Crippen molar-refractivity contribution in [2.45, 2.75) is 33.1 Å². The van der Waals surface area contributed by atoms with Crippen molar-refractivity contribution in [3.8, 4) is 11.6 Å². The molecule has 2 aromatic heterocycles. The molecular weight excluding hydrogens is 326 g/mol. The van der Waals surface area contributed by atoms with Crippen LogP contribution in [-0.2, 0) is 12.8 Å². The van der Waals surface area contributed by atoms with Crippen molar-refractivity contribution in [1.29, 1.82) is 0 Å². The largest absolute Gasteiger partial charge is 0.438 e. The standard InChI is InChI=1S/C17H15N3O3S/c1-9-8-11(6-7-13(9)20(21)22)23-16-15-12-4-3-5-14(12)24-17(15)19-10(2)18-16/h6-8H,3-5H2,1-2H3. The minimum atomic E-state index is -0.391. The lowest BCUT2D eigenvalue weighted by Crippen LogP contribution is -1.96. The SMILES string of the molecule is Cc1nc(Oc2ccc([N+](=O)[O-])c(C)c2)c2c3c(sc2n1)CCC3. The van der Waals surface area contributed by atoms with Crippen molar-refractivity contribution in [3.63, 3.8) is 0 Å². The van der Waals surface area contributed by atoms with Crippen molar-refractivity contribution in [1.82, 2.24) is 9.97 Å². The van der Waals surface area contributed by atoms with E-state index in [1.54, 1.807) is 30.4 Å². The highest BCUT2D eigenvalue weighted by Gasteiger charge is 2.23. The summed E-state index contributed by atoms with van der Waals surface area (Å²) in [6.45, 7) is 3.55. The van der Waals surface area contributed by atoms with Crippen molar-refractivity contribution in [3.05, 3.63) is 50.1 Å². The molecule has 0 aliphatic heterocycles. The second kappa shape index (κ2) is 5.52. The number of benzene rings is 1. The second-order valence-corrected chi connectivity index (χ2v) is 7.00. The Labute approximate surface area is 142 Å². The molecule has 0 saturated carbocycles. The molecule has 6 nitrogen and oxygen atoms in total. The summed E-state index contributed by atoms with van der Waals surface area (Å²) in [4.78, 5) is 21.9. The van der Waals surface area contributed by atoms with E-state index >= 15 is 0 Å². The molecule has 0 saturated heterocycles. The van der Waals surface area contributed by atoms with Crippen molar-refractivity contribution < 1.29 is 9.66 Å². The van der Waals surface area contributed by atoms with E-state index in [4.69, 9.17) is 4.74 Å². The number of aromatic nitrogens is 2. The zero-order chi connectivity index (χ0) is 16.8. The maximum atomic E-state index is 10.9. The van der Waals surface area contributed by atoms with Gasteiger partial charge in [-0.15, -0.1) is 11.3 Å². The third kappa shape index (κ3) is 2.41. The zero-order valence-corrected chi connectivity index (χ0v) is 14.1. The fourth-order valence-electron chi connectivity index (χ4n) is 3.15. The van der Waals surface area contributed by atoms with Gasteiger partial charge in [-0.25, -0.2) is 4.98 Å². The molecule has 24 heavy (non-hydrogen) atoms. The highest BCUT2D eigenvalue weighted by molar-refractivity contribution is 7.19. The van der Waals surface area contributed by atoms with Gasteiger partial charge in [0.1, 0.15) is 16.4 Å². The number of nitro groups is 1. The maximum absolute atomic E-state index is 10.9. The minimum absolute atomic E-state index is 0.0859. The summed E-state index contributed by atoms with van der Waals surface area (Å²) >= 11 is 1.71. The lowest BCUT2D eigenvalue weighted by molar-refractivity contribution is -0.385. The van der Waals surface area contributed by atoms with Crippen LogP contribution in [0.3, 0.4) is 0 Å². The number of nitrogens with zero attached hydrogens (tertiary/aromatic N) is 3. The molecular formula is C17H15N3O3S. The first kappa shape index (κ1) is 15.0. The average molecular weight is 341 g/mol. The molecule has 0 atom stereocenters. The number of ether oxygens (including phenoxy) is 1. The molecule has 2 heterocycles. The van der Waals surface area contributed by atoms with Gasteiger partial charge in [0.15, 0.2) is 0 Å². The Bertz CT molecular complexity index is 981. The Morgan fingerprint density at radius 2 is 2.08 bits per heavy atom.